The molecule has 0 aliphatic heterocycles. The third kappa shape index (κ3) is 5.13. The van der Waals surface area contributed by atoms with Gasteiger partial charge in [-0.2, -0.15) is 0 Å². The molecule has 0 heteroatoms. The zero-order valence-electron chi connectivity index (χ0n) is 12.5. The molecule has 0 saturated carbocycles. The highest BCUT2D eigenvalue weighted by Crippen LogP contribution is 2.17. The van der Waals surface area contributed by atoms with E-state index in [0.29, 0.717) is 0 Å². The maximum Gasteiger partial charge on any atom is -0.0227 e. The van der Waals surface area contributed by atoms with E-state index >= 15 is 0 Å². The maximum absolute atomic E-state index is 2.23. The second-order valence-electron chi connectivity index (χ2n) is 4.64. The maximum atomic E-state index is 2.23. The molecule has 1 rings (SSSR count). The average Bonchev–Trinajstić information content (AvgIpc) is 2.46. The van der Waals surface area contributed by atoms with Gasteiger partial charge in [-0.15, -0.1) is 0 Å². The van der Waals surface area contributed by atoms with Crippen molar-refractivity contribution in [1.82, 2.24) is 0 Å². The third-order valence-corrected chi connectivity index (χ3v) is 3.19. The van der Waals surface area contributed by atoms with Crippen molar-refractivity contribution in [3.05, 3.63) is 77.4 Å². The van der Waals surface area contributed by atoms with Crippen molar-refractivity contribution in [1.29, 1.82) is 0 Å². The average molecular weight is 252 g/mol. The summed E-state index contributed by atoms with van der Waals surface area (Å²) >= 11 is 0. The van der Waals surface area contributed by atoms with Gasteiger partial charge in [0.2, 0.25) is 0 Å². The number of allylic oxidation sites excluding steroid dienone is 8. The number of benzene rings is 1. The van der Waals surface area contributed by atoms with E-state index in [0.717, 1.165) is 6.42 Å². The predicted molar refractivity (Wildman–Crippen MR) is 87.0 cm³/mol. The molecule has 1 aromatic rings. The van der Waals surface area contributed by atoms with Gasteiger partial charge in [-0.05, 0) is 49.5 Å². The van der Waals surface area contributed by atoms with Crippen LogP contribution in [0.25, 0.3) is 5.57 Å². The molecule has 0 nitrogen and oxygen atoms in total. The fraction of sp³-hybridized carbons (Fsp3) is 0.263. The molecular weight excluding hydrogens is 228 g/mol. The van der Waals surface area contributed by atoms with E-state index in [9.17, 15) is 0 Å². The molecule has 0 radical (unpaired) electrons. The molecule has 0 amide bonds. The van der Waals surface area contributed by atoms with Gasteiger partial charge >= 0.3 is 0 Å². The summed E-state index contributed by atoms with van der Waals surface area (Å²) in [7, 11) is 0. The Labute approximate surface area is 117 Å². The minimum Gasteiger partial charge on any atom is -0.0877 e. The lowest BCUT2D eigenvalue weighted by Crippen LogP contribution is -1.83. The molecule has 0 saturated heterocycles. The highest BCUT2D eigenvalue weighted by Gasteiger charge is 1.96. The lowest BCUT2D eigenvalue weighted by Gasteiger charge is -2.04. The molecule has 0 bridgehead atoms. The van der Waals surface area contributed by atoms with Crippen molar-refractivity contribution < 1.29 is 0 Å². The molecule has 100 valence electrons. The van der Waals surface area contributed by atoms with Gasteiger partial charge < -0.3 is 0 Å². The number of hydrogen-bond donors (Lipinski definition) is 0. The van der Waals surface area contributed by atoms with Crippen LogP contribution in [0, 0.1) is 0 Å². The van der Waals surface area contributed by atoms with Crippen molar-refractivity contribution in [3.63, 3.8) is 0 Å². The summed E-state index contributed by atoms with van der Waals surface area (Å²) in [4.78, 5) is 0. The second kappa shape index (κ2) is 8.31. The lowest BCUT2D eigenvalue weighted by molar-refractivity contribution is 1.10. The van der Waals surface area contributed by atoms with E-state index in [-0.39, 0.29) is 0 Å². The van der Waals surface area contributed by atoms with E-state index in [4.69, 9.17) is 0 Å². The molecule has 1 aromatic carbocycles. The molecule has 0 fully saturated rings. The molecule has 0 N–H and O–H groups in total. The van der Waals surface area contributed by atoms with Crippen LogP contribution < -0.4 is 0 Å². The molecule has 0 unspecified atom stereocenters. The minimum atomic E-state index is 1.05. The van der Waals surface area contributed by atoms with Crippen molar-refractivity contribution in [2.75, 3.05) is 0 Å². The van der Waals surface area contributed by atoms with Crippen LogP contribution >= 0.6 is 0 Å². The van der Waals surface area contributed by atoms with E-state index in [1.165, 1.54) is 22.3 Å². The summed E-state index contributed by atoms with van der Waals surface area (Å²) in [6.45, 7) is 8.56. The van der Waals surface area contributed by atoms with Crippen LogP contribution in [0.4, 0.5) is 0 Å². The normalized spacial score (nSPS) is 14.2. The van der Waals surface area contributed by atoms with E-state index in [1.54, 1.807) is 0 Å². The first-order chi connectivity index (χ1) is 9.19. The van der Waals surface area contributed by atoms with E-state index < -0.39 is 0 Å². The highest BCUT2D eigenvalue weighted by atomic mass is 14.0. The van der Waals surface area contributed by atoms with Gasteiger partial charge in [0.1, 0.15) is 0 Å². The van der Waals surface area contributed by atoms with Crippen molar-refractivity contribution >= 4 is 5.57 Å². The Morgan fingerprint density at radius 1 is 1.00 bits per heavy atom. The summed E-state index contributed by atoms with van der Waals surface area (Å²) in [5.74, 6) is 0. The Balaban J connectivity index is 2.94. The smallest absolute Gasteiger partial charge is 0.0227 e. The van der Waals surface area contributed by atoms with Gasteiger partial charge in [0, 0.05) is 0 Å². The Morgan fingerprint density at radius 2 is 1.68 bits per heavy atom. The topological polar surface area (TPSA) is 0 Å². The van der Waals surface area contributed by atoms with Gasteiger partial charge in [-0.3, -0.25) is 0 Å². The highest BCUT2D eigenvalue weighted by molar-refractivity contribution is 5.65. The quantitative estimate of drug-likeness (QED) is 0.568. The molecule has 0 aliphatic carbocycles. The summed E-state index contributed by atoms with van der Waals surface area (Å²) in [6.07, 6.45) is 11.8. The standard InChI is InChI=1S/C19H24/c1-5-7-11-16(3)18(6-2)15-14-17(4)19-12-9-8-10-13-19/h5,7-15H,6H2,1-4H3/b7-5+,16-11+,17-14+,18-15+. The van der Waals surface area contributed by atoms with Crippen LogP contribution in [0.3, 0.4) is 0 Å². The lowest BCUT2D eigenvalue weighted by atomic mass is 10.0. The first-order valence-electron chi connectivity index (χ1n) is 6.91. The zero-order valence-corrected chi connectivity index (χ0v) is 12.5. The Hall–Kier alpha value is -1.82. The van der Waals surface area contributed by atoms with Crippen molar-refractivity contribution in [2.24, 2.45) is 0 Å². The third-order valence-electron chi connectivity index (χ3n) is 3.19. The van der Waals surface area contributed by atoms with E-state index in [2.05, 4.69) is 75.4 Å². The fourth-order valence-corrected chi connectivity index (χ4v) is 1.90. The Bertz CT molecular complexity index is 496. The molecule has 0 atom stereocenters. The summed E-state index contributed by atoms with van der Waals surface area (Å²) < 4.78 is 0. The number of hydrogen-bond acceptors (Lipinski definition) is 0. The molecule has 0 aliphatic rings. The molecule has 0 heterocycles. The summed E-state index contributed by atoms with van der Waals surface area (Å²) in [5.41, 5.74) is 5.29. The Morgan fingerprint density at radius 3 is 2.26 bits per heavy atom. The van der Waals surface area contributed by atoms with Crippen LogP contribution in [0.2, 0.25) is 0 Å². The zero-order chi connectivity index (χ0) is 14.1. The Kier molecular flexibility index (Phi) is 6.67. The molecule has 0 spiro atoms. The molecular formula is C19H24. The SMILES string of the molecule is C/C=C/C=C(C)/C(=C/C=C(\C)c1ccccc1)CC. The monoisotopic (exact) mass is 252 g/mol. The summed E-state index contributed by atoms with van der Waals surface area (Å²) in [5, 5.41) is 0. The van der Waals surface area contributed by atoms with Crippen LogP contribution in [-0.4, -0.2) is 0 Å². The van der Waals surface area contributed by atoms with Gasteiger partial charge in [0.15, 0.2) is 0 Å². The van der Waals surface area contributed by atoms with Crippen molar-refractivity contribution in [2.45, 2.75) is 34.1 Å². The second-order valence-corrected chi connectivity index (χ2v) is 4.64. The predicted octanol–water partition coefficient (Wildman–Crippen LogP) is 5.95. The first kappa shape index (κ1) is 15.2. The van der Waals surface area contributed by atoms with Gasteiger partial charge in [0.25, 0.3) is 0 Å². The van der Waals surface area contributed by atoms with E-state index in [1.807, 2.05) is 13.0 Å². The summed E-state index contributed by atoms with van der Waals surface area (Å²) in [6, 6.07) is 10.5. The van der Waals surface area contributed by atoms with Crippen LogP contribution in [0.1, 0.15) is 39.7 Å². The molecule has 0 aromatic heterocycles. The van der Waals surface area contributed by atoms with Gasteiger partial charge in [-0.1, -0.05) is 67.6 Å². The molecule has 19 heavy (non-hydrogen) atoms. The number of rotatable bonds is 5. The largest absolute Gasteiger partial charge is 0.0877 e. The van der Waals surface area contributed by atoms with Gasteiger partial charge in [0.05, 0.1) is 0 Å². The minimum absolute atomic E-state index is 1.05. The van der Waals surface area contributed by atoms with Gasteiger partial charge in [-0.25, -0.2) is 0 Å². The van der Waals surface area contributed by atoms with Crippen LogP contribution in [0.5, 0.6) is 0 Å². The van der Waals surface area contributed by atoms with Crippen molar-refractivity contribution in [3.8, 4) is 0 Å². The van der Waals surface area contributed by atoms with Crippen LogP contribution in [0.15, 0.2) is 71.9 Å². The fourth-order valence-electron chi connectivity index (χ4n) is 1.90. The van der Waals surface area contributed by atoms with Crippen LogP contribution in [-0.2, 0) is 0 Å². The first-order valence-corrected chi connectivity index (χ1v) is 6.91.